The number of nitrogens with zero attached hydrogens (tertiary/aromatic N) is 1. The van der Waals surface area contributed by atoms with Gasteiger partial charge in [-0.3, -0.25) is 4.79 Å². The zero-order valence-corrected chi connectivity index (χ0v) is 14.5. The molecule has 0 bridgehead atoms. The lowest BCUT2D eigenvalue weighted by Gasteiger charge is -2.10. The number of aromatic nitrogens is 1. The van der Waals surface area contributed by atoms with Gasteiger partial charge < -0.3 is 14.6 Å². The molecule has 1 heterocycles. The summed E-state index contributed by atoms with van der Waals surface area (Å²) in [7, 11) is 0. The van der Waals surface area contributed by atoms with Gasteiger partial charge in [0.2, 0.25) is 0 Å². The van der Waals surface area contributed by atoms with Gasteiger partial charge in [-0.15, -0.1) is 0 Å². The highest BCUT2D eigenvalue weighted by atomic mass is 79.9. The number of nitrogens with one attached hydrogen (secondary N) is 1. The zero-order valence-electron chi connectivity index (χ0n) is 12.9. The number of aryl methyl sites for hydroxylation is 1. The van der Waals surface area contributed by atoms with Crippen LogP contribution < -0.4 is 5.32 Å². The lowest BCUT2D eigenvalue weighted by Crippen LogP contribution is -2.29. The maximum atomic E-state index is 13.6. The molecule has 1 atom stereocenters. The largest absolute Gasteiger partial charge is 0.449 e. The van der Waals surface area contributed by atoms with E-state index < -0.39 is 23.8 Å². The van der Waals surface area contributed by atoms with E-state index in [1.54, 1.807) is 13.0 Å². The number of hydrogen-bond donors (Lipinski definition) is 1. The molecule has 0 saturated heterocycles. The number of carbonyl (C=O) groups excluding carboxylic acids is 2. The Bertz CT molecular complexity index is 788. The molecular weight excluding hydrogens is 383 g/mol. The number of esters is 1. The maximum absolute atomic E-state index is 13.6. The Kier molecular flexibility index (Phi) is 5.86. The molecule has 0 spiro atoms. The van der Waals surface area contributed by atoms with Gasteiger partial charge in [0.15, 0.2) is 11.9 Å². The summed E-state index contributed by atoms with van der Waals surface area (Å²) >= 11 is 3.21. The first-order valence-corrected chi connectivity index (χ1v) is 7.72. The molecule has 126 valence electrons. The molecule has 0 aliphatic heterocycles. The summed E-state index contributed by atoms with van der Waals surface area (Å²) in [5, 5.41) is 6.05. The lowest BCUT2D eigenvalue weighted by atomic mass is 10.2. The molecule has 8 heteroatoms. The van der Waals surface area contributed by atoms with Crippen molar-refractivity contribution >= 4 is 39.7 Å². The highest BCUT2D eigenvalue weighted by Gasteiger charge is 2.18. The second-order valence-corrected chi connectivity index (χ2v) is 5.81. The van der Waals surface area contributed by atoms with Crippen LogP contribution in [0.25, 0.3) is 6.08 Å². The molecule has 1 amide bonds. The fourth-order valence-corrected chi connectivity index (χ4v) is 2.10. The molecule has 0 fully saturated rings. The van der Waals surface area contributed by atoms with E-state index in [-0.39, 0.29) is 11.4 Å². The van der Waals surface area contributed by atoms with E-state index in [0.29, 0.717) is 10.2 Å². The van der Waals surface area contributed by atoms with Crippen LogP contribution in [0.15, 0.2) is 39.3 Å². The fourth-order valence-electron chi connectivity index (χ4n) is 1.72. The Hall–Kier alpha value is -2.48. The highest BCUT2D eigenvalue weighted by molar-refractivity contribution is 9.10. The molecule has 2 aromatic rings. The molecule has 0 unspecified atom stereocenters. The summed E-state index contributed by atoms with van der Waals surface area (Å²) in [5.41, 5.74) is 0.219. The highest BCUT2D eigenvalue weighted by Crippen LogP contribution is 2.17. The first kappa shape index (κ1) is 17.9. The van der Waals surface area contributed by atoms with E-state index in [2.05, 4.69) is 26.4 Å². The van der Waals surface area contributed by atoms with Gasteiger partial charge in [0.05, 0.1) is 0 Å². The number of ether oxygens (including phenoxy) is 1. The van der Waals surface area contributed by atoms with Crippen LogP contribution >= 0.6 is 15.9 Å². The number of hydrogen-bond acceptors (Lipinski definition) is 5. The molecule has 1 N–H and O–H groups in total. The summed E-state index contributed by atoms with van der Waals surface area (Å²) in [4.78, 5) is 23.6. The number of halogens is 2. The molecule has 24 heavy (non-hydrogen) atoms. The van der Waals surface area contributed by atoms with Crippen LogP contribution in [0.5, 0.6) is 0 Å². The summed E-state index contributed by atoms with van der Waals surface area (Å²) in [5.74, 6) is -1.04. The Morgan fingerprint density at radius 2 is 2.17 bits per heavy atom. The Morgan fingerprint density at radius 3 is 2.83 bits per heavy atom. The van der Waals surface area contributed by atoms with Crippen molar-refractivity contribution in [2.75, 3.05) is 5.32 Å². The SMILES string of the molecule is Cc1cc(NC(=O)[C@@H](C)OC(=O)/C=C/c2cc(Br)ccc2F)no1. The standard InChI is InChI=1S/C16H14BrFN2O4/c1-9-7-14(20-24-9)19-16(22)10(2)23-15(21)6-3-11-8-12(17)4-5-13(11)18/h3-8,10H,1-2H3,(H,19,20,22)/b6-3+/t10-/m1/s1. The second-order valence-electron chi connectivity index (χ2n) is 4.89. The first-order valence-electron chi connectivity index (χ1n) is 6.93. The van der Waals surface area contributed by atoms with Gasteiger partial charge in [-0.1, -0.05) is 21.1 Å². The predicted octanol–water partition coefficient (Wildman–Crippen LogP) is 3.47. The topological polar surface area (TPSA) is 81.4 Å². The van der Waals surface area contributed by atoms with Gasteiger partial charge in [-0.05, 0) is 38.1 Å². The molecule has 0 saturated carbocycles. The van der Waals surface area contributed by atoms with E-state index >= 15 is 0 Å². The number of benzene rings is 1. The van der Waals surface area contributed by atoms with E-state index in [0.717, 1.165) is 6.08 Å². The quantitative estimate of drug-likeness (QED) is 0.617. The van der Waals surface area contributed by atoms with Crippen LogP contribution in [-0.4, -0.2) is 23.1 Å². The van der Waals surface area contributed by atoms with Crippen molar-refractivity contribution in [3.05, 3.63) is 52.0 Å². The third-order valence-electron chi connectivity index (χ3n) is 2.90. The van der Waals surface area contributed by atoms with Crippen LogP contribution in [0, 0.1) is 12.7 Å². The van der Waals surface area contributed by atoms with Gasteiger partial charge in [0, 0.05) is 22.2 Å². The zero-order chi connectivity index (χ0) is 17.7. The van der Waals surface area contributed by atoms with E-state index in [9.17, 15) is 14.0 Å². The third-order valence-corrected chi connectivity index (χ3v) is 3.39. The maximum Gasteiger partial charge on any atom is 0.331 e. The van der Waals surface area contributed by atoms with E-state index in [4.69, 9.17) is 9.26 Å². The average molecular weight is 397 g/mol. The van der Waals surface area contributed by atoms with Crippen molar-refractivity contribution in [3.63, 3.8) is 0 Å². The molecule has 1 aromatic heterocycles. The number of carbonyl (C=O) groups is 2. The minimum absolute atomic E-state index is 0.219. The summed E-state index contributed by atoms with van der Waals surface area (Å²) in [6.07, 6.45) is 1.27. The van der Waals surface area contributed by atoms with Crippen molar-refractivity contribution < 1.29 is 23.2 Å². The summed E-state index contributed by atoms with van der Waals surface area (Å²) in [6, 6.07) is 5.86. The minimum Gasteiger partial charge on any atom is -0.449 e. The molecule has 2 rings (SSSR count). The molecular formula is C16H14BrFN2O4. The molecule has 0 radical (unpaired) electrons. The van der Waals surface area contributed by atoms with Crippen molar-refractivity contribution in [2.24, 2.45) is 0 Å². The fraction of sp³-hybridized carbons (Fsp3) is 0.188. The van der Waals surface area contributed by atoms with Gasteiger partial charge in [-0.2, -0.15) is 0 Å². The predicted molar refractivity (Wildman–Crippen MR) is 88.6 cm³/mol. The Balaban J connectivity index is 1.92. The Morgan fingerprint density at radius 1 is 1.42 bits per heavy atom. The normalized spacial score (nSPS) is 12.2. The lowest BCUT2D eigenvalue weighted by molar-refractivity contribution is -0.148. The van der Waals surface area contributed by atoms with Gasteiger partial charge in [0.25, 0.3) is 5.91 Å². The van der Waals surface area contributed by atoms with E-state index in [1.807, 2.05) is 0 Å². The number of anilines is 1. The smallest absolute Gasteiger partial charge is 0.331 e. The second kappa shape index (κ2) is 7.87. The molecule has 0 aliphatic carbocycles. The third kappa shape index (κ3) is 5.02. The van der Waals surface area contributed by atoms with Gasteiger partial charge >= 0.3 is 5.97 Å². The van der Waals surface area contributed by atoms with Crippen LogP contribution in [-0.2, 0) is 14.3 Å². The summed E-state index contributed by atoms with van der Waals surface area (Å²) < 4.78 is 24.0. The summed E-state index contributed by atoms with van der Waals surface area (Å²) in [6.45, 7) is 3.09. The average Bonchev–Trinajstić information content (AvgIpc) is 2.93. The first-order chi connectivity index (χ1) is 11.3. The van der Waals surface area contributed by atoms with Crippen molar-refractivity contribution in [1.29, 1.82) is 0 Å². The molecule has 6 nitrogen and oxygen atoms in total. The van der Waals surface area contributed by atoms with Crippen LogP contribution in [0.2, 0.25) is 0 Å². The van der Waals surface area contributed by atoms with Crippen LogP contribution in [0.3, 0.4) is 0 Å². The van der Waals surface area contributed by atoms with Crippen LogP contribution in [0.4, 0.5) is 10.2 Å². The number of rotatable bonds is 5. The van der Waals surface area contributed by atoms with Crippen molar-refractivity contribution in [2.45, 2.75) is 20.0 Å². The van der Waals surface area contributed by atoms with Crippen molar-refractivity contribution in [1.82, 2.24) is 5.16 Å². The van der Waals surface area contributed by atoms with Crippen molar-refractivity contribution in [3.8, 4) is 0 Å². The molecule has 0 aliphatic rings. The van der Waals surface area contributed by atoms with Gasteiger partial charge in [0.1, 0.15) is 11.6 Å². The minimum atomic E-state index is -1.05. The number of amides is 1. The van der Waals surface area contributed by atoms with Gasteiger partial charge in [-0.25, -0.2) is 9.18 Å². The van der Waals surface area contributed by atoms with E-state index in [1.165, 1.54) is 31.2 Å². The Labute approximate surface area is 145 Å². The molecule has 1 aromatic carbocycles. The van der Waals surface area contributed by atoms with Crippen LogP contribution in [0.1, 0.15) is 18.2 Å². The monoisotopic (exact) mass is 396 g/mol.